The van der Waals surface area contributed by atoms with Crippen molar-refractivity contribution in [2.24, 2.45) is 0 Å². The molecular formula is C113H60F9N11. The normalized spacial score (nSPS) is 11.3. The average Bonchev–Trinajstić information content (AvgIpc) is 0.756. The molecule has 0 fully saturated rings. The van der Waals surface area contributed by atoms with E-state index in [2.05, 4.69) is 42.5 Å². The van der Waals surface area contributed by atoms with Crippen molar-refractivity contribution >= 4 is 98.1 Å². The molecule has 0 radical (unpaired) electrons. The Kier molecular flexibility index (Phi) is 21.2. The quantitative estimate of drug-likeness (QED) is 0.0524. The molecule has 17 aromatic carbocycles. The van der Waals surface area contributed by atoms with E-state index in [0.717, 1.165) is 111 Å². The molecule has 0 unspecified atom stereocenters. The molecular weight excluding hydrogens is 1680 g/mol. The molecule has 0 aliphatic heterocycles. The van der Waals surface area contributed by atoms with E-state index < -0.39 is 69.0 Å². The van der Waals surface area contributed by atoms with Crippen LogP contribution in [0.3, 0.4) is 0 Å². The van der Waals surface area contributed by atoms with Crippen LogP contribution in [0.4, 0.5) is 39.5 Å². The third-order valence-electron chi connectivity index (χ3n) is 23.5. The SMILES string of the molecule is Fc1c(F)c(F)c(-c2cccc(-c3nc4ccccc4c4c3ccc3nc(-c5ccccc5)c(-c5ccccc5)nc34)c2)c(F)c1F.N#Cc1c(F)c(F)c(-c2ccccc2-c2nc3ccccc3c3c2ccc2nc(-c4ccccc4)c(-c4ccccc4)nc23)c(F)c1F.N#Cc1cccc(-c2nc3ccccc3c3c2ccc2nc(-c4ccccc4)c(-c4ccccc4)nc23)c1. The third-order valence-corrected chi connectivity index (χ3v) is 23.5. The molecule has 6 heterocycles. The van der Waals surface area contributed by atoms with Gasteiger partial charge in [-0.25, -0.2) is 84.4 Å². The first-order valence-corrected chi connectivity index (χ1v) is 42.1. The monoisotopic (exact) mass is 1740 g/mol. The van der Waals surface area contributed by atoms with Gasteiger partial charge in [0.2, 0.25) is 5.82 Å². The summed E-state index contributed by atoms with van der Waals surface area (Å²) < 4.78 is 132. The van der Waals surface area contributed by atoms with Gasteiger partial charge in [-0.15, -0.1) is 0 Å². The average molecular weight is 1740 g/mol. The molecule has 23 rings (SSSR count). The predicted molar refractivity (Wildman–Crippen MR) is 506 cm³/mol. The molecule has 0 aliphatic rings. The lowest BCUT2D eigenvalue weighted by atomic mass is 9.91. The van der Waals surface area contributed by atoms with Gasteiger partial charge in [0.15, 0.2) is 46.5 Å². The largest absolute Gasteiger partial charge is 0.247 e. The minimum Gasteiger partial charge on any atom is -0.247 e. The van der Waals surface area contributed by atoms with E-state index in [-0.39, 0.29) is 16.7 Å². The molecule has 0 N–H and O–H groups in total. The summed E-state index contributed by atoms with van der Waals surface area (Å²) in [6.45, 7) is 0. The number of nitrogens with zero attached hydrogens (tertiary/aromatic N) is 11. The number of pyridine rings is 3. The number of hydrogen-bond donors (Lipinski definition) is 0. The van der Waals surface area contributed by atoms with Crippen LogP contribution < -0.4 is 0 Å². The van der Waals surface area contributed by atoms with Crippen LogP contribution in [0.2, 0.25) is 0 Å². The Morgan fingerprint density at radius 1 is 0.180 bits per heavy atom. The Morgan fingerprint density at radius 3 is 0.827 bits per heavy atom. The maximum absolute atomic E-state index is 15.5. The Morgan fingerprint density at radius 2 is 0.459 bits per heavy atom. The zero-order chi connectivity index (χ0) is 90.6. The molecule has 0 bridgehead atoms. The first-order valence-electron chi connectivity index (χ1n) is 42.1. The van der Waals surface area contributed by atoms with Crippen LogP contribution in [0.15, 0.2) is 364 Å². The number of fused-ring (bicyclic) bond motifs is 15. The topological polar surface area (TPSA) is 164 Å². The highest BCUT2D eigenvalue weighted by atomic mass is 19.2. The fraction of sp³-hybridized carbons (Fsp3) is 0. The number of para-hydroxylation sites is 3. The zero-order valence-electron chi connectivity index (χ0n) is 69.5. The minimum atomic E-state index is -2.21. The molecule has 0 spiro atoms. The van der Waals surface area contributed by atoms with E-state index in [0.29, 0.717) is 88.9 Å². The number of hydrogen-bond acceptors (Lipinski definition) is 11. The van der Waals surface area contributed by atoms with E-state index in [1.54, 1.807) is 18.2 Å². The van der Waals surface area contributed by atoms with E-state index in [1.165, 1.54) is 36.4 Å². The highest BCUT2D eigenvalue weighted by Gasteiger charge is 2.32. The van der Waals surface area contributed by atoms with Gasteiger partial charge in [0.25, 0.3) is 0 Å². The maximum atomic E-state index is 15.5. The lowest BCUT2D eigenvalue weighted by Gasteiger charge is -2.17. The van der Waals surface area contributed by atoms with Gasteiger partial charge in [0, 0.05) is 98.5 Å². The molecule has 11 nitrogen and oxygen atoms in total. The van der Waals surface area contributed by atoms with Crippen LogP contribution in [-0.2, 0) is 0 Å². The Bertz CT molecular complexity index is 8720. The van der Waals surface area contributed by atoms with Gasteiger partial charge in [-0.05, 0) is 83.9 Å². The molecule has 20 heteroatoms. The second kappa shape index (κ2) is 34.4. The summed E-state index contributed by atoms with van der Waals surface area (Å²) in [5.41, 5.74) is 16.4. The summed E-state index contributed by atoms with van der Waals surface area (Å²) in [6.07, 6.45) is 0. The molecule has 0 aliphatic carbocycles. The Labute approximate surface area is 751 Å². The van der Waals surface area contributed by atoms with Crippen molar-refractivity contribution in [1.29, 1.82) is 10.5 Å². The van der Waals surface area contributed by atoms with Crippen molar-refractivity contribution in [2.45, 2.75) is 0 Å². The van der Waals surface area contributed by atoms with Gasteiger partial charge < -0.3 is 0 Å². The maximum Gasteiger partial charge on any atom is 0.200 e. The van der Waals surface area contributed by atoms with Crippen molar-refractivity contribution in [1.82, 2.24) is 44.9 Å². The molecule has 133 heavy (non-hydrogen) atoms. The molecule has 630 valence electrons. The van der Waals surface area contributed by atoms with Crippen LogP contribution in [0.25, 0.3) is 222 Å². The second-order valence-corrected chi connectivity index (χ2v) is 31.3. The molecule has 0 saturated heterocycles. The molecule has 6 aromatic heterocycles. The smallest absolute Gasteiger partial charge is 0.200 e. The fourth-order valence-electron chi connectivity index (χ4n) is 17.4. The highest BCUT2D eigenvalue weighted by Crippen LogP contribution is 2.47. The Hall–Kier alpha value is -17.9. The first-order chi connectivity index (χ1) is 65.2. The number of rotatable bonds is 11. The summed E-state index contributed by atoms with van der Waals surface area (Å²) >= 11 is 0. The van der Waals surface area contributed by atoms with Gasteiger partial charge in [-0.3, -0.25) is 0 Å². The fourth-order valence-corrected chi connectivity index (χ4v) is 17.4. The van der Waals surface area contributed by atoms with Crippen molar-refractivity contribution < 1.29 is 39.5 Å². The van der Waals surface area contributed by atoms with E-state index >= 15 is 8.78 Å². The highest BCUT2D eigenvalue weighted by molar-refractivity contribution is 6.24. The zero-order valence-corrected chi connectivity index (χ0v) is 69.5. The summed E-state index contributed by atoms with van der Waals surface area (Å²) in [6, 6.07) is 117. The first kappa shape index (κ1) is 82.1. The summed E-state index contributed by atoms with van der Waals surface area (Å²) in [5.74, 6) is -16.9. The third kappa shape index (κ3) is 14.6. The summed E-state index contributed by atoms with van der Waals surface area (Å²) in [7, 11) is 0. The van der Waals surface area contributed by atoms with E-state index in [4.69, 9.17) is 50.1 Å². The van der Waals surface area contributed by atoms with Gasteiger partial charge in [0.1, 0.15) is 11.6 Å². The van der Waals surface area contributed by atoms with Crippen LogP contribution in [0.1, 0.15) is 11.1 Å². The van der Waals surface area contributed by atoms with Crippen LogP contribution in [0.5, 0.6) is 0 Å². The van der Waals surface area contributed by atoms with Gasteiger partial charge >= 0.3 is 0 Å². The van der Waals surface area contributed by atoms with Gasteiger partial charge in [-0.1, -0.05) is 291 Å². The van der Waals surface area contributed by atoms with E-state index in [9.17, 15) is 36.0 Å². The van der Waals surface area contributed by atoms with Gasteiger partial charge in [-0.2, -0.15) is 10.5 Å². The van der Waals surface area contributed by atoms with Crippen LogP contribution in [0, 0.1) is 75.0 Å². The van der Waals surface area contributed by atoms with Crippen molar-refractivity contribution in [2.75, 3.05) is 0 Å². The summed E-state index contributed by atoms with van der Waals surface area (Å²) in [5, 5.41) is 26.0. The number of benzene rings is 17. The second-order valence-electron chi connectivity index (χ2n) is 31.3. The lowest BCUT2D eigenvalue weighted by Crippen LogP contribution is -2.05. The van der Waals surface area contributed by atoms with Crippen molar-refractivity contribution in [3.63, 3.8) is 0 Å². The molecule has 0 saturated carbocycles. The number of aromatic nitrogens is 9. The van der Waals surface area contributed by atoms with Crippen LogP contribution in [-0.4, -0.2) is 44.9 Å². The van der Waals surface area contributed by atoms with Crippen molar-refractivity contribution in [3.8, 4) is 136 Å². The van der Waals surface area contributed by atoms with E-state index in [1.807, 2.05) is 279 Å². The summed E-state index contributed by atoms with van der Waals surface area (Å²) in [4.78, 5) is 46.1. The van der Waals surface area contributed by atoms with Crippen LogP contribution >= 0.6 is 0 Å². The minimum absolute atomic E-state index is 0.130. The lowest BCUT2D eigenvalue weighted by molar-refractivity contribution is 0.381. The van der Waals surface area contributed by atoms with Gasteiger partial charge in [0.05, 0.1) is 124 Å². The molecule has 0 atom stereocenters. The molecule has 0 amide bonds. The Balaban J connectivity index is 0.000000121. The number of halogens is 9. The molecule has 23 aromatic rings. The van der Waals surface area contributed by atoms with Crippen molar-refractivity contribution in [3.05, 3.63) is 427 Å². The standard InChI is InChI=1S/C40H20F4N4.C39H20F5N3.C34H20N4/c41-33-28(21-45)34(42)36(44)32(35(33)43)24-15-7-8-16-25(24)39-27-19-20-30-40(31(27)26-17-9-10-18-29(26)46-39)48-38(23-13-5-2-6-14-23)37(47-30)22-11-3-1-4-12-22;40-31-29(32(41)34(43)35(44)33(31)42)23-14-9-15-24(20-23)36-26-18-19-28-39(30(26)25-16-7-8-17-27(25)45-36)47-38(22-12-5-2-6-13-22)37(46-28)21-10-3-1-4-11-21;35-21-22-10-9-15-25(20-22)31-27-18-19-29-34(30(27)26-16-7-8-17-28(26)36-31)38-33(24-13-5-2-6-14-24)32(37-29)23-11-3-1-4-12-23/h1-20H;1-20H;1-20H. The predicted octanol–water partition coefficient (Wildman–Crippen LogP) is 29.3. The number of nitriles is 2.